The molecular formula is C14H14N2OS. The summed E-state index contributed by atoms with van der Waals surface area (Å²) in [6.45, 7) is 1.80. The molecule has 0 aliphatic carbocycles. The quantitative estimate of drug-likeness (QED) is 0.845. The normalized spacial score (nSPS) is 14.7. The van der Waals surface area contributed by atoms with Gasteiger partial charge in [-0.25, -0.2) is 0 Å². The first-order valence-electron chi connectivity index (χ1n) is 5.88. The van der Waals surface area contributed by atoms with Crippen LogP contribution in [0.1, 0.15) is 4.88 Å². The van der Waals surface area contributed by atoms with Crippen LogP contribution in [0.2, 0.25) is 0 Å². The zero-order valence-corrected chi connectivity index (χ0v) is 11.0. The molecule has 0 saturated heterocycles. The summed E-state index contributed by atoms with van der Waals surface area (Å²) in [7, 11) is 1.68. The number of ether oxygens (including phenoxy) is 1. The third-order valence-electron chi connectivity index (χ3n) is 2.97. The second kappa shape index (κ2) is 4.82. The van der Waals surface area contributed by atoms with Crippen LogP contribution in [0.4, 0.5) is 5.69 Å². The van der Waals surface area contributed by atoms with E-state index >= 15 is 0 Å². The molecule has 2 heterocycles. The largest absolute Gasteiger partial charge is 0.497 e. The van der Waals surface area contributed by atoms with Gasteiger partial charge in [-0.3, -0.25) is 4.99 Å². The second-order valence-electron chi connectivity index (χ2n) is 4.03. The van der Waals surface area contributed by atoms with E-state index in [1.807, 2.05) is 12.1 Å². The van der Waals surface area contributed by atoms with E-state index in [1.54, 1.807) is 18.4 Å². The number of benzene rings is 1. The van der Waals surface area contributed by atoms with Crippen molar-refractivity contribution in [2.45, 2.75) is 0 Å². The first-order valence-corrected chi connectivity index (χ1v) is 6.76. The lowest BCUT2D eigenvalue weighted by Gasteiger charge is -2.19. The van der Waals surface area contributed by atoms with Gasteiger partial charge in [-0.1, -0.05) is 6.07 Å². The van der Waals surface area contributed by atoms with Crippen LogP contribution in [0.15, 0.2) is 46.8 Å². The molecule has 3 nitrogen and oxygen atoms in total. The number of thiophene rings is 1. The first kappa shape index (κ1) is 11.3. The number of methoxy groups -OCH3 is 1. The van der Waals surface area contributed by atoms with Gasteiger partial charge in [-0.05, 0) is 35.7 Å². The van der Waals surface area contributed by atoms with Crippen molar-refractivity contribution in [3.63, 3.8) is 0 Å². The maximum atomic E-state index is 5.18. The highest BCUT2D eigenvalue weighted by atomic mass is 32.1. The number of amidine groups is 1. The Morgan fingerprint density at radius 1 is 1.22 bits per heavy atom. The molecule has 0 radical (unpaired) electrons. The number of hydrogen-bond donors (Lipinski definition) is 0. The van der Waals surface area contributed by atoms with Crippen LogP contribution >= 0.6 is 11.3 Å². The minimum absolute atomic E-state index is 0.860. The topological polar surface area (TPSA) is 24.8 Å². The maximum Gasteiger partial charge on any atom is 0.145 e. The lowest BCUT2D eigenvalue weighted by Crippen LogP contribution is -2.27. The molecule has 0 spiro atoms. The average molecular weight is 258 g/mol. The molecule has 0 bridgehead atoms. The summed E-state index contributed by atoms with van der Waals surface area (Å²) in [5.74, 6) is 1.96. The van der Waals surface area contributed by atoms with Crippen LogP contribution < -0.4 is 9.64 Å². The second-order valence-corrected chi connectivity index (χ2v) is 4.98. The predicted octanol–water partition coefficient (Wildman–Crippen LogP) is 3.02. The minimum Gasteiger partial charge on any atom is -0.497 e. The monoisotopic (exact) mass is 258 g/mol. The molecular weight excluding hydrogens is 244 g/mol. The van der Waals surface area contributed by atoms with Crippen molar-refractivity contribution in [1.82, 2.24) is 0 Å². The van der Waals surface area contributed by atoms with Gasteiger partial charge in [0.1, 0.15) is 11.6 Å². The molecule has 92 valence electrons. The smallest absolute Gasteiger partial charge is 0.145 e. The van der Waals surface area contributed by atoms with Gasteiger partial charge in [0.05, 0.1) is 18.5 Å². The summed E-state index contributed by atoms with van der Waals surface area (Å²) in [6, 6.07) is 12.3. The van der Waals surface area contributed by atoms with Crippen LogP contribution in [-0.4, -0.2) is 26.0 Å². The van der Waals surface area contributed by atoms with Crippen molar-refractivity contribution < 1.29 is 4.74 Å². The Morgan fingerprint density at radius 3 is 2.72 bits per heavy atom. The Bertz CT molecular complexity index is 546. The lowest BCUT2D eigenvalue weighted by molar-refractivity contribution is 0.415. The zero-order chi connectivity index (χ0) is 12.4. The summed E-state index contributed by atoms with van der Waals surface area (Å²) in [4.78, 5) is 8.08. The number of hydrogen-bond acceptors (Lipinski definition) is 4. The van der Waals surface area contributed by atoms with E-state index in [4.69, 9.17) is 4.74 Å². The van der Waals surface area contributed by atoms with E-state index in [0.29, 0.717) is 0 Å². The third kappa shape index (κ3) is 1.99. The fraction of sp³-hybridized carbons (Fsp3) is 0.214. The van der Waals surface area contributed by atoms with Crippen LogP contribution in [0.25, 0.3) is 0 Å². The van der Waals surface area contributed by atoms with Crippen LogP contribution in [0.3, 0.4) is 0 Å². The van der Waals surface area contributed by atoms with Gasteiger partial charge in [0.15, 0.2) is 0 Å². The average Bonchev–Trinajstić information content (AvgIpc) is 3.09. The van der Waals surface area contributed by atoms with E-state index in [0.717, 1.165) is 24.7 Å². The Kier molecular flexibility index (Phi) is 3.02. The Labute approximate surface area is 110 Å². The highest BCUT2D eigenvalue weighted by Crippen LogP contribution is 2.25. The summed E-state index contributed by atoms with van der Waals surface area (Å²) in [6.07, 6.45) is 0. The van der Waals surface area contributed by atoms with Gasteiger partial charge in [-0.15, -0.1) is 11.3 Å². The summed E-state index contributed by atoms with van der Waals surface area (Å²) in [5, 5.41) is 2.09. The van der Waals surface area contributed by atoms with Gasteiger partial charge >= 0.3 is 0 Å². The van der Waals surface area contributed by atoms with Crippen LogP contribution in [-0.2, 0) is 0 Å². The molecule has 1 aromatic heterocycles. The van der Waals surface area contributed by atoms with Crippen LogP contribution in [0, 0.1) is 0 Å². The van der Waals surface area contributed by atoms with E-state index in [-0.39, 0.29) is 0 Å². The zero-order valence-electron chi connectivity index (χ0n) is 10.2. The molecule has 0 saturated carbocycles. The van der Waals surface area contributed by atoms with Crippen molar-refractivity contribution in [2.24, 2.45) is 4.99 Å². The molecule has 1 aliphatic heterocycles. The highest BCUT2D eigenvalue weighted by molar-refractivity contribution is 7.12. The number of rotatable bonds is 3. The third-order valence-corrected chi connectivity index (χ3v) is 3.83. The molecule has 4 heteroatoms. The van der Waals surface area contributed by atoms with Gasteiger partial charge in [0, 0.05) is 12.2 Å². The molecule has 0 N–H and O–H groups in total. The SMILES string of the molecule is COc1ccc(N2CCN=C2c2cccs2)cc1. The van der Waals surface area contributed by atoms with Crippen molar-refractivity contribution in [3.8, 4) is 5.75 Å². The summed E-state index contributed by atoms with van der Waals surface area (Å²) < 4.78 is 5.18. The van der Waals surface area contributed by atoms with E-state index in [9.17, 15) is 0 Å². The molecule has 1 aliphatic rings. The highest BCUT2D eigenvalue weighted by Gasteiger charge is 2.20. The Balaban J connectivity index is 1.89. The van der Waals surface area contributed by atoms with Gasteiger partial charge in [0.2, 0.25) is 0 Å². The van der Waals surface area contributed by atoms with Crippen molar-refractivity contribution in [2.75, 3.05) is 25.1 Å². The van der Waals surface area contributed by atoms with Gasteiger partial charge in [0.25, 0.3) is 0 Å². The van der Waals surface area contributed by atoms with Crippen molar-refractivity contribution in [1.29, 1.82) is 0 Å². The number of aliphatic imine (C=N–C) groups is 1. The Hall–Kier alpha value is -1.81. The molecule has 2 aromatic rings. The molecule has 1 aromatic carbocycles. The summed E-state index contributed by atoms with van der Waals surface area (Å²) >= 11 is 1.73. The standard InChI is InChI=1S/C14H14N2OS/c1-17-12-6-4-11(5-7-12)16-9-8-15-14(16)13-3-2-10-18-13/h2-7,10H,8-9H2,1H3. The van der Waals surface area contributed by atoms with Crippen molar-refractivity contribution in [3.05, 3.63) is 46.7 Å². The van der Waals surface area contributed by atoms with E-state index in [1.165, 1.54) is 10.6 Å². The molecule has 0 fully saturated rings. The number of anilines is 1. The van der Waals surface area contributed by atoms with Gasteiger partial charge in [-0.2, -0.15) is 0 Å². The molecule has 0 atom stereocenters. The molecule has 3 rings (SSSR count). The van der Waals surface area contributed by atoms with E-state index < -0.39 is 0 Å². The fourth-order valence-electron chi connectivity index (χ4n) is 2.08. The van der Waals surface area contributed by atoms with Crippen molar-refractivity contribution >= 4 is 22.9 Å². The maximum absolute atomic E-state index is 5.18. The molecule has 0 unspecified atom stereocenters. The van der Waals surface area contributed by atoms with Gasteiger partial charge < -0.3 is 9.64 Å². The van der Waals surface area contributed by atoms with Crippen LogP contribution in [0.5, 0.6) is 5.75 Å². The first-order chi connectivity index (χ1) is 8.88. The summed E-state index contributed by atoms with van der Waals surface area (Å²) in [5.41, 5.74) is 1.17. The predicted molar refractivity (Wildman–Crippen MR) is 76.1 cm³/mol. The molecule has 18 heavy (non-hydrogen) atoms. The fourth-order valence-corrected chi connectivity index (χ4v) is 2.82. The minimum atomic E-state index is 0.860. The molecule has 0 amide bonds. The number of nitrogens with zero attached hydrogens (tertiary/aromatic N) is 2. The van der Waals surface area contributed by atoms with E-state index in [2.05, 4.69) is 39.5 Å². The lowest BCUT2D eigenvalue weighted by atomic mass is 10.2. The Morgan fingerprint density at radius 2 is 2.06 bits per heavy atom.